The van der Waals surface area contributed by atoms with Gasteiger partial charge in [0.1, 0.15) is 5.69 Å². The van der Waals surface area contributed by atoms with E-state index in [1.165, 1.54) is 0 Å². The topological polar surface area (TPSA) is 39.9 Å². The maximum absolute atomic E-state index is 5.84. The van der Waals surface area contributed by atoms with E-state index < -0.39 is 0 Å². The Kier molecular flexibility index (Phi) is 2.57. The van der Waals surface area contributed by atoms with Crippen molar-refractivity contribution in [1.29, 1.82) is 0 Å². The standard InChI is InChI=1S/C17H15N3O/c1-11-8-9-14-15(18-11)17-19-12(2)16(20(17)10-21-14)13-6-4-3-5-7-13/h3-9H,10H2,1-2H3. The van der Waals surface area contributed by atoms with E-state index in [-0.39, 0.29) is 0 Å². The van der Waals surface area contributed by atoms with Crippen molar-refractivity contribution in [3.63, 3.8) is 0 Å². The highest BCUT2D eigenvalue weighted by Crippen LogP contribution is 2.36. The van der Waals surface area contributed by atoms with Crippen molar-refractivity contribution in [2.75, 3.05) is 0 Å². The molecule has 1 aliphatic heterocycles. The van der Waals surface area contributed by atoms with Crippen molar-refractivity contribution in [3.8, 4) is 28.5 Å². The van der Waals surface area contributed by atoms with Crippen LogP contribution in [0.4, 0.5) is 0 Å². The largest absolute Gasteiger partial charge is 0.470 e. The summed E-state index contributed by atoms with van der Waals surface area (Å²) < 4.78 is 7.94. The molecule has 0 aliphatic carbocycles. The minimum atomic E-state index is 0.470. The minimum Gasteiger partial charge on any atom is -0.470 e. The molecule has 4 nitrogen and oxygen atoms in total. The van der Waals surface area contributed by atoms with Crippen LogP contribution in [0.15, 0.2) is 42.5 Å². The SMILES string of the molecule is Cc1ccc2c(n1)-c1nc(C)c(-c3ccccc3)n1CO2. The van der Waals surface area contributed by atoms with Gasteiger partial charge in [-0.05, 0) is 26.0 Å². The first-order valence-corrected chi connectivity index (χ1v) is 6.97. The smallest absolute Gasteiger partial charge is 0.167 e. The van der Waals surface area contributed by atoms with Crippen LogP contribution < -0.4 is 4.74 Å². The maximum Gasteiger partial charge on any atom is 0.167 e. The van der Waals surface area contributed by atoms with E-state index >= 15 is 0 Å². The van der Waals surface area contributed by atoms with Crippen LogP contribution in [0, 0.1) is 13.8 Å². The summed E-state index contributed by atoms with van der Waals surface area (Å²) in [7, 11) is 0. The fourth-order valence-corrected chi connectivity index (χ4v) is 2.80. The number of imidazole rings is 1. The first kappa shape index (κ1) is 12.1. The van der Waals surface area contributed by atoms with Crippen molar-refractivity contribution >= 4 is 0 Å². The van der Waals surface area contributed by atoms with Crippen LogP contribution >= 0.6 is 0 Å². The van der Waals surface area contributed by atoms with Crippen molar-refractivity contribution in [2.45, 2.75) is 20.6 Å². The van der Waals surface area contributed by atoms with E-state index in [2.05, 4.69) is 21.7 Å². The third-order valence-electron chi connectivity index (χ3n) is 3.75. The van der Waals surface area contributed by atoms with Crippen molar-refractivity contribution in [1.82, 2.24) is 14.5 Å². The van der Waals surface area contributed by atoms with Crippen LogP contribution in [0.25, 0.3) is 22.8 Å². The average molecular weight is 277 g/mol. The van der Waals surface area contributed by atoms with E-state index in [0.29, 0.717) is 6.73 Å². The Bertz CT molecular complexity index is 822. The van der Waals surface area contributed by atoms with E-state index in [0.717, 1.165) is 39.9 Å². The van der Waals surface area contributed by atoms with E-state index in [9.17, 15) is 0 Å². The maximum atomic E-state index is 5.84. The number of aryl methyl sites for hydroxylation is 2. The molecule has 0 saturated carbocycles. The Balaban J connectivity index is 1.96. The summed E-state index contributed by atoms with van der Waals surface area (Å²) in [5.41, 5.74) is 5.03. The Morgan fingerprint density at radius 2 is 1.81 bits per heavy atom. The lowest BCUT2D eigenvalue weighted by molar-refractivity contribution is 0.230. The Morgan fingerprint density at radius 1 is 1.00 bits per heavy atom. The van der Waals surface area contributed by atoms with Gasteiger partial charge in [0.15, 0.2) is 18.3 Å². The quantitative estimate of drug-likeness (QED) is 0.682. The van der Waals surface area contributed by atoms with E-state index in [4.69, 9.17) is 9.72 Å². The molecule has 0 saturated heterocycles. The highest BCUT2D eigenvalue weighted by molar-refractivity contribution is 5.70. The molecule has 21 heavy (non-hydrogen) atoms. The second-order valence-electron chi connectivity index (χ2n) is 5.24. The molecule has 104 valence electrons. The fraction of sp³-hybridized carbons (Fsp3) is 0.176. The molecule has 0 atom stereocenters. The van der Waals surface area contributed by atoms with Crippen LogP contribution in [0.2, 0.25) is 0 Å². The first-order chi connectivity index (χ1) is 10.2. The van der Waals surface area contributed by atoms with Crippen molar-refractivity contribution in [2.24, 2.45) is 0 Å². The molecule has 1 aliphatic rings. The Labute approximate surface area is 123 Å². The average Bonchev–Trinajstić information content (AvgIpc) is 2.84. The summed E-state index contributed by atoms with van der Waals surface area (Å²) in [5.74, 6) is 1.69. The van der Waals surface area contributed by atoms with Crippen LogP contribution in [0.1, 0.15) is 11.4 Å². The lowest BCUT2D eigenvalue weighted by Crippen LogP contribution is -2.15. The highest BCUT2D eigenvalue weighted by Gasteiger charge is 2.25. The predicted octanol–water partition coefficient (Wildman–Crippen LogP) is 3.58. The van der Waals surface area contributed by atoms with Gasteiger partial charge in [-0.25, -0.2) is 9.97 Å². The number of ether oxygens (including phenoxy) is 1. The van der Waals surface area contributed by atoms with Crippen LogP contribution in [-0.2, 0) is 6.73 Å². The molecule has 0 bridgehead atoms. The van der Waals surface area contributed by atoms with Gasteiger partial charge in [0.25, 0.3) is 0 Å². The van der Waals surface area contributed by atoms with Gasteiger partial charge in [0, 0.05) is 11.3 Å². The lowest BCUT2D eigenvalue weighted by Gasteiger charge is -2.20. The zero-order valence-electron chi connectivity index (χ0n) is 12.0. The van der Waals surface area contributed by atoms with Gasteiger partial charge in [-0.3, -0.25) is 4.57 Å². The lowest BCUT2D eigenvalue weighted by atomic mass is 10.1. The number of hydrogen-bond acceptors (Lipinski definition) is 3. The minimum absolute atomic E-state index is 0.470. The third kappa shape index (κ3) is 1.83. The monoisotopic (exact) mass is 277 g/mol. The summed E-state index contributed by atoms with van der Waals surface area (Å²) >= 11 is 0. The van der Waals surface area contributed by atoms with E-state index in [1.807, 2.05) is 44.2 Å². The van der Waals surface area contributed by atoms with E-state index in [1.54, 1.807) is 0 Å². The number of rotatable bonds is 1. The molecule has 0 amide bonds. The van der Waals surface area contributed by atoms with Gasteiger partial charge < -0.3 is 4.74 Å². The molecule has 0 fully saturated rings. The number of pyridine rings is 1. The molecule has 3 aromatic rings. The van der Waals surface area contributed by atoms with Gasteiger partial charge in [-0.1, -0.05) is 30.3 Å². The molecular formula is C17H15N3O. The normalized spacial score (nSPS) is 12.5. The van der Waals surface area contributed by atoms with Crippen LogP contribution in [0.5, 0.6) is 5.75 Å². The molecule has 0 unspecified atom stereocenters. The Hall–Kier alpha value is -2.62. The predicted molar refractivity (Wildman–Crippen MR) is 81.0 cm³/mol. The second-order valence-corrected chi connectivity index (χ2v) is 5.24. The second kappa shape index (κ2) is 4.45. The highest BCUT2D eigenvalue weighted by atomic mass is 16.5. The van der Waals surface area contributed by atoms with Gasteiger partial charge in [-0.2, -0.15) is 0 Å². The molecule has 4 rings (SSSR count). The van der Waals surface area contributed by atoms with Gasteiger partial charge in [0.05, 0.1) is 11.4 Å². The number of fused-ring (bicyclic) bond motifs is 3. The van der Waals surface area contributed by atoms with Gasteiger partial charge in [-0.15, -0.1) is 0 Å². The molecule has 0 spiro atoms. The summed E-state index contributed by atoms with van der Waals surface area (Å²) in [5, 5.41) is 0. The molecule has 1 aromatic carbocycles. The molecule has 0 radical (unpaired) electrons. The zero-order valence-corrected chi connectivity index (χ0v) is 12.0. The fourth-order valence-electron chi connectivity index (χ4n) is 2.80. The number of benzene rings is 1. The van der Waals surface area contributed by atoms with Gasteiger partial charge in [0.2, 0.25) is 0 Å². The first-order valence-electron chi connectivity index (χ1n) is 6.97. The van der Waals surface area contributed by atoms with Gasteiger partial charge >= 0.3 is 0 Å². The molecule has 0 N–H and O–H groups in total. The van der Waals surface area contributed by atoms with Crippen molar-refractivity contribution < 1.29 is 4.74 Å². The Morgan fingerprint density at radius 3 is 2.62 bits per heavy atom. The van der Waals surface area contributed by atoms with Crippen LogP contribution in [-0.4, -0.2) is 14.5 Å². The summed E-state index contributed by atoms with van der Waals surface area (Å²) in [4.78, 5) is 9.33. The number of hydrogen-bond donors (Lipinski definition) is 0. The summed E-state index contributed by atoms with van der Waals surface area (Å²) in [6.45, 7) is 4.48. The number of aromatic nitrogens is 3. The summed E-state index contributed by atoms with van der Waals surface area (Å²) in [6, 6.07) is 14.2. The molecule has 3 heterocycles. The molecule has 4 heteroatoms. The molecular weight excluding hydrogens is 262 g/mol. The number of nitrogens with zero attached hydrogens (tertiary/aromatic N) is 3. The van der Waals surface area contributed by atoms with Crippen LogP contribution in [0.3, 0.4) is 0 Å². The summed E-state index contributed by atoms with van der Waals surface area (Å²) in [6.07, 6.45) is 0. The molecule has 2 aromatic heterocycles. The van der Waals surface area contributed by atoms with Crippen molar-refractivity contribution in [3.05, 3.63) is 53.9 Å². The third-order valence-corrected chi connectivity index (χ3v) is 3.75. The zero-order chi connectivity index (χ0) is 14.4.